The summed E-state index contributed by atoms with van der Waals surface area (Å²) >= 11 is 0. The second-order valence-corrected chi connectivity index (χ2v) is 6.62. The summed E-state index contributed by atoms with van der Waals surface area (Å²) in [6.07, 6.45) is 3.08. The summed E-state index contributed by atoms with van der Waals surface area (Å²) in [7, 11) is -3.78. The van der Waals surface area contributed by atoms with Gasteiger partial charge in [-0.3, -0.25) is 9.89 Å². The van der Waals surface area contributed by atoms with Gasteiger partial charge in [-0.05, 0) is 11.6 Å². The molecule has 1 aromatic carbocycles. The zero-order valence-corrected chi connectivity index (χ0v) is 12.9. The lowest BCUT2D eigenvalue weighted by Gasteiger charge is -2.11. The molecule has 0 fully saturated rings. The molecule has 0 spiro atoms. The van der Waals surface area contributed by atoms with Gasteiger partial charge in [0.25, 0.3) is 10.2 Å². The minimum absolute atomic E-state index is 0.0860. The van der Waals surface area contributed by atoms with E-state index in [0.29, 0.717) is 17.1 Å². The predicted octanol–water partition coefficient (Wildman–Crippen LogP) is 0.581. The lowest BCUT2D eigenvalue weighted by atomic mass is 10.2. The van der Waals surface area contributed by atoms with Crippen LogP contribution in [0.25, 0.3) is 6.08 Å². The average Bonchev–Trinajstić information content (AvgIpc) is 3.08. The maximum absolute atomic E-state index is 12.0. The van der Waals surface area contributed by atoms with Crippen molar-refractivity contribution in [1.82, 2.24) is 14.5 Å². The highest BCUT2D eigenvalue weighted by Crippen LogP contribution is 2.28. The molecule has 0 radical (unpaired) electrons. The molecule has 1 aromatic heterocycles. The summed E-state index contributed by atoms with van der Waals surface area (Å²) in [4.78, 5) is 12.0. The number of carbonyl (C=O) groups excluding carboxylic acids is 1. The fraction of sp³-hybridized carbons (Fsp3) is 0.143. The quantitative estimate of drug-likeness (QED) is 0.709. The van der Waals surface area contributed by atoms with Crippen LogP contribution in [0.2, 0.25) is 0 Å². The number of amides is 1. The summed E-state index contributed by atoms with van der Waals surface area (Å²) in [5.41, 5.74) is 2.08. The second-order valence-electron chi connectivity index (χ2n) is 5.07. The van der Waals surface area contributed by atoms with Gasteiger partial charge in [0, 0.05) is 18.2 Å². The molecule has 8 nitrogen and oxygen atoms in total. The Balaban J connectivity index is 1.69. The van der Waals surface area contributed by atoms with Gasteiger partial charge in [0.2, 0.25) is 5.91 Å². The second kappa shape index (κ2) is 5.95. The molecule has 0 aliphatic carbocycles. The predicted molar refractivity (Wildman–Crippen MR) is 85.0 cm³/mol. The number of rotatable bonds is 4. The van der Waals surface area contributed by atoms with Gasteiger partial charge in [-0.2, -0.15) is 17.8 Å². The Hall–Kier alpha value is -2.49. The summed E-state index contributed by atoms with van der Waals surface area (Å²) in [5.74, 6) is 0.0446. The first-order valence-corrected chi connectivity index (χ1v) is 8.32. The summed E-state index contributed by atoms with van der Waals surface area (Å²) in [6.45, 7) is 0.184. The molecule has 0 bridgehead atoms. The van der Waals surface area contributed by atoms with Crippen molar-refractivity contribution in [2.75, 3.05) is 5.32 Å². The molecule has 0 saturated carbocycles. The van der Waals surface area contributed by atoms with Crippen molar-refractivity contribution in [1.29, 1.82) is 0 Å². The summed E-state index contributed by atoms with van der Waals surface area (Å²) in [6, 6.07) is 9.40. The first-order chi connectivity index (χ1) is 10.9. The number of hydrogen-bond acceptors (Lipinski definition) is 4. The highest BCUT2D eigenvalue weighted by Gasteiger charge is 2.31. The van der Waals surface area contributed by atoms with Crippen LogP contribution < -0.4 is 10.5 Å². The van der Waals surface area contributed by atoms with Gasteiger partial charge in [-0.1, -0.05) is 30.3 Å². The molecule has 23 heavy (non-hydrogen) atoms. The van der Waals surface area contributed by atoms with Crippen LogP contribution in [0.3, 0.4) is 0 Å². The average molecular weight is 333 g/mol. The van der Waals surface area contributed by atoms with E-state index < -0.39 is 10.2 Å². The minimum Gasteiger partial charge on any atom is -0.307 e. The maximum atomic E-state index is 12.0. The largest absolute Gasteiger partial charge is 0.307 e. The van der Waals surface area contributed by atoms with Gasteiger partial charge < -0.3 is 5.32 Å². The van der Waals surface area contributed by atoms with E-state index >= 15 is 0 Å². The number of hydrogen-bond donors (Lipinski definition) is 3. The number of aromatic amines is 1. The fourth-order valence-electron chi connectivity index (χ4n) is 2.29. The van der Waals surface area contributed by atoms with Gasteiger partial charge in [0.05, 0.1) is 12.2 Å². The van der Waals surface area contributed by atoms with Crippen LogP contribution in [0, 0.1) is 0 Å². The SMILES string of the molecule is NS(=O)(=O)N1Cc2n[nH]c(NC(=O)C=Cc3ccccc3)c2C1. The molecule has 2 heterocycles. The van der Waals surface area contributed by atoms with Crippen LogP contribution in [0.5, 0.6) is 0 Å². The smallest absolute Gasteiger partial charge is 0.277 e. The zero-order valence-electron chi connectivity index (χ0n) is 12.1. The van der Waals surface area contributed by atoms with Crippen LogP contribution >= 0.6 is 0 Å². The number of nitrogens with two attached hydrogens (primary N) is 1. The molecule has 0 unspecified atom stereocenters. The van der Waals surface area contributed by atoms with E-state index in [1.54, 1.807) is 6.08 Å². The topological polar surface area (TPSA) is 121 Å². The number of benzene rings is 1. The molecule has 0 atom stereocenters. The molecule has 1 amide bonds. The molecular formula is C14H15N5O3S. The van der Waals surface area contributed by atoms with Crippen molar-refractivity contribution < 1.29 is 13.2 Å². The van der Waals surface area contributed by atoms with Gasteiger partial charge in [0.15, 0.2) is 0 Å². The van der Waals surface area contributed by atoms with E-state index in [1.165, 1.54) is 6.08 Å². The number of anilines is 1. The van der Waals surface area contributed by atoms with E-state index in [9.17, 15) is 13.2 Å². The van der Waals surface area contributed by atoms with E-state index in [-0.39, 0.29) is 19.0 Å². The van der Waals surface area contributed by atoms with Crippen molar-refractivity contribution in [3.8, 4) is 0 Å². The zero-order chi connectivity index (χ0) is 16.4. The Labute approximate surface area is 133 Å². The third kappa shape index (κ3) is 3.47. The first-order valence-electron chi connectivity index (χ1n) is 6.81. The van der Waals surface area contributed by atoms with E-state index in [1.807, 2.05) is 30.3 Å². The third-order valence-corrected chi connectivity index (χ3v) is 4.43. The number of nitrogens with zero attached hydrogens (tertiary/aromatic N) is 2. The molecule has 1 aliphatic rings. The lowest BCUT2D eigenvalue weighted by Crippen LogP contribution is -2.32. The van der Waals surface area contributed by atoms with Crippen LogP contribution in [0.1, 0.15) is 16.8 Å². The number of H-pyrrole nitrogens is 1. The summed E-state index contributed by atoms with van der Waals surface area (Å²) < 4.78 is 23.8. The molecule has 3 rings (SSSR count). The third-order valence-electron chi connectivity index (χ3n) is 3.45. The lowest BCUT2D eigenvalue weighted by molar-refractivity contribution is -0.111. The molecule has 0 saturated heterocycles. The van der Waals surface area contributed by atoms with E-state index in [0.717, 1.165) is 9.87 Å². The van der Waals surface area contributed by atoms with E-state index in [2.05, 4.69) is 15.5 Å². The fourth-order valence-corrected chi connectivity index (χ4v) is 2.90. The Morgan fingerprint density at radius 3 is 2.74 bits per heavy atom. The highest BCUT2D eigenvalue weighted by atomic mass is 32.2. The maximum Gasteiger partial charge on any atom is 0.277 e. The number of fused-ring (bicyclic) bond motifs is 1. The molecule has 120 valence electrons. The van der Waals surface area contributed by atoms with Crippen molar-refractivity contribution in [3.63, 3.8) is 0 Å². The Bertz CT molecular complexity index is 858. The van der Waals surface area contributed by atoms with Gasteiger partial charge in [-0.25, -0.2) is 5.14 Å². The van der Waals surface area contributed by atoms with Gasteiger partial charge >= 0.3 is 0 Å². The monoisotopic (exact) mass is 333 g/mol. The number of carbonyl (C=O) groups is 1. The van der Waals surface area contributed by atoms with Crippen LogP contribution in [-0.4, -0.2) is 28.8 Å². The van der Waals surface area contributed by atoms with Crippen LogP contribution in [-0.2, 0) is 28.1 Å². The van der Waals surface area contributed by atoms with Gasteiger partial charge in [0.1, 0.15) is 5.82 Å². The molecule has 9 heteroatoms. The van der Waals surface area contributed by atoms with Crippen molar-refractivity contribution in [3.05, 3.63) is 53.2 Å². The summed E-state index contributed by atoms with van der Waals surface area (Å²) in [5, 5.41) is 14.5. The Morgan fingerprint density at radius 1 is 1.30 bits per heavy atom. The number of aromatic nitrogens is 2. The van der Waals surface area contributed by atoms with Crippen molar-refractivity contribution >= 4 is 28.0 Å². The first kappa shape index (κ1) is 15.4. The standard InChI is InChI=1S/C14H15N5O3S/c15-23(21,22)19-8-11-12(9-19)17-18-14(11)16-13(20)7-6-10-4-2-1-3-5-10/h1-7H,8-9H2,(H2,15,21,22)(H2,16,17,18,20). The van der Waals surface area contributed by atoms with Crippen molar-refractivity contribution in [2.24, 2.45) is 5.14 Å². The normalized spacial score (nSPS) is 15.0. The van der Waals surface area contributed by atoms with Gasteiger partial charge in [-0.15, -0.1) is 0 Å². The molecular weight excluding hydrogens is 318 g/mol. The Morgan fingerprint density at radius 2 is 2.04 bits per heavy atom. The molecule has 1 aliphatic heterocycles. The molecule has 2 aromatic rings. The highest BCUT2D eigenvalue weighted by molar-refractivity contribution is 7.86. The van der Waals surface area contributed by atoms with Crippen LogP contribution in [0.15, 0.2) is 36.4 Å². The number of nitrogens with one attached hydrogen (secondary N) is 2. The van der Waals surface area contributed by atoms with E-state index in [4.69, 9.17) is 5.14 Å². The minimum atomic E-state index is -3.78. The Kier molecular flexibility index (Phi) is 3.99. The molecule has 4 N–H and O–H groups in total. The van der Waals surface area contributed by atoms with Crippen LogP contribution in [0.4, 0.5) is 5.82 Å². The van der Waals surface area contributed by atoms with Crippen molar-refractivity contribution in [2.45, 2.75) is 13.1 Å².